The van der Waals surface area contributed by atoms with E-state index in [4.69, 9.17) is 8.23 Å². The van der Waals surface area contributed by atoms with Crippen LogP contribution in [0.4, 0.5) is 0 Å². The molecule has 0 heterocycles. The molecule has 0 aliphatic heterocycles. The quantitative estimate of drug-likeness (QED) is 0.837. The van der Waals surface area contributed by atoms with Gasteiger partial charge in [0.05, 0.1) is 0 Å². The molecule has 96 valence electrons. The van der Waals surface area contributed by atoms with Crippen molar-refractivity contribution in [2.75, 3.05) is 0 Å². The fourth-order valence-electron chi connectivity index (χ4n) is 1.53. The maximum atomic E-state index is 10.8. The van der Waals surface area contributed by atoms with E-state index in [1.807, 2.05) is 30.3 Å². The van der Waals surface area contributed by atoms with E-state index in [0.717, 1.165) is 5.19 Å². The maximum absolute atomic E-state index is 10.8. The summed E-state index contributed by atoms with van der Waals surface area (Å²) in [7, 11) is -6.38. The van der Waals surface area contributed by atoms with Gasteiger partial charge in [0.25, 0.3) is 0 Å². The summed E-state index contributed by atoms with van der Waals surface area (Å²) in [5.41, 5.74) is 0. The Morgan fingerprint density at radius 1 is 1.06 bits per heavy atom. The molecule has 3 nitrogen and oxygen atoms in total. The van der Waals surface area contributed by atoms with Crippen LogP contribution in [0.5, 0.6) is 0 Å². The fourth-order valence-corrected chi connectivity index (χ4v) is 9.67. The molecule has 1 unspecified atom stereocenters. The van der Waals surface area contributed by atoms with Gasteiger partial charge < -0.3 is 13.0 Å². The number of hydrogen-bond acceptors (Lipinski definition) is 3. The average Bonchev–Trinajstić information content (AvgIpc) is 2.14. The Hall–Kier alpha value is -0.249. The Labute approximate surface area is 108 Å². The van der Waals surface area contributed by atoms with Gasteiger partial charge in [0, 0.05) is 5.19 Å². The van der Waals surface area contributed by atoms with Crippen LogP contribution in [0.15, 0.2) is 30.3 Å². The second kappa shape index (κ2) is 5.59. The van der Waals surface area contributed by atoms with Crippen molar-refractivity contribution in [2.45, 2.75) is 32.7 Å². The smallest absolute Gasteiger partial charge is 0.416 e. The number of rotatable bonds is 5. The summed E-state index contributed by atoms with van der Waals surface area (Å²) in [6, 6.07) is 9.53. The molecule has 0 amide bonds. The van der Waals surface area contributed by atoms with Crippen LogP contribution >= 0.6 is 0 Å². The molecule has 0 saturated carbocycles. The van der Waals surface area contributed by atoms with Gasteiger partial charge in [-0.3, -0.25) is 0 Å². The molecule has 1 aromatic carbocycles. The summed E-state index contributed by atoms with van der Waals surface area (Å²) < 4.78 is 11.8. The number of benzene rings is 1. The van der Waals surface area contributed by atoms with E-state index in [1.165, 1.54) is 0 Å². The van der Waals surface area contributed by atoms with Crippen molar-refractivity contribution in [3.05, 3.63) is 30.3 Å². The fraction of sp³-hybridized carbons (Fsp3) is 0.455. The van der Waals surface area contributed by atoms with E-state index in [2.05, 4.69) is 32.7 Å². The summed E-state index contributed by atoms with van der Waals surface area (Å²) in [5, 5.41) is 0.809. The molecule has 1 N–H and O–H groups in total. The van der Waals surface area contributed by atoms with Gasteiger partial charge in [-0.2, -0.15) is 0 Å². The van der Waals surface area contributed by atoms with Crippen molar-refractivity contribution < 1.29 is 13.0 Å². The van der Waals surface area contributed by atoms with Crippen molar-refractivity contribution in [2.24, 2.45) is 0 Å². The second-order valence-corrected chi connectivity index (χ2v) is 15.2. The van der Waals surface area contributed by atoms with E-state index < -0.39 is 26.2 Å². The van der Waals surface area contributed by atoms with Gasteiger partial charge in [-0.05, 0) is 32.7 Å². The minimum Gasteiger partial charge on any atom is -0.416 e. The summed E-state index contributed by atoms with van der Waals surface area (Å²) >= 11 is 0. The first-order valence-electron chi connectivity index (χ1n) is 5.89. The molecule has 0 bridgehead atoms. The molecule has 0 fully saturated rings. The van der Waals surface area contributed by atoms with Crippen LogP contribution in [-0.4, -0.2) is 31.0 Å². The first kappa shape index (κ1) is 14.8. The standard InChI is InChI=1S/C11H22O3Si3/c1-15(2)13-17(12,14-16(3,4)5)11-9-7-6-8-10-11/h6-10,12,15H,1-5H3. The highest BCUT2D eigenvalue weighted by molar-refractivity contribution is 6.88. The molecular formula is C11H22O3Si3. The first-order valence-corrected chi connectivity index (χ1v) is 13.8. The lowest BCUT2D eigenvalue weighted by Gasteiger charge is -2.32. The van der Waals surface area contributed by atoms with Gasteiger partial charge >= 0.3 is 8.80 Å². The Bertz CT molecular complexity index is 351. The molecule has 6 heteroatoms. The topological polar surface area (TPSA) is 38.7 Å². The van der Waals surface area contributed by atoms with Crippen LogP contribution in [-0.2, 0) is 8.23 Å². The highest BCUT2D eigenvalue weighted by Gasteiger charge is 2.43. The number of hydrogen-bond donors (Lipinski definition) is 1. The van der Waals surface area contributed by atoms with E-state index in [0.29, 0.717) is 0 Å². The molecule has 0 radical (unpaired) electrons. The second-order valence-electron chi connectivity index (χ2n) is 5.33. The maximum Gasteiger partial charge on any atom is 0.513 e. The zero-order valence-electron chi connectivity index (χ0n) is 11.2. The summed E-state index contributed by atoms with van der Waals surface area (Å²) in [5.74, 6) is 0. The van der Waals surface area contributed by atoms with Crippen LogP contribution in [0, 0.1) is 0 Å². The van der Waals surface area contributed by atoms with Crippen LogP contribution in [0.1, 0.15) is 0 Å². The molecule has 1 rings (SSSR count). The van der Waals surface area contributed by atoms with Gasteiger partial charge in [0.1, 0.15) is 0 Å². The lowest BCUT2D eigenvalue weighted by atomic mass is 10.4. The van der Waals surface area contributed by atoms with Gasteiger partial charge in [-0.15, -0.1) is 0 Å². The molecule has 1 atom stereocenters. The van der Waals surface area contributed by atoms with Gasteiger partial charge in [0.2, 0.25) is 0 Å². The lowest BCUT2D eigenvalue weighted by Crippen LogP contribution is -2.60. The molecule has 0 saturated heterocycles. The van der Waals surface area contributed by atoms with Crippen LogP contribution in [0.25, 0.3) is 0 Å². The summed E-state index contributed by atoms with van der Waals surface area (Å²) in [6.07, 6.45) is 0. The van der Waals surface area contributed by atoms with Gasteiger partial charge in [0.15, 0.2) is 17.4 Å². The molecule has 0 spiro atoms. The monoisotopic (exact) mass is 286 g/mol. The van der Waals surface area contributed by atoms with Crippen LogP contribution in [0.2, 0.25) is 32.7 Å². The van der Waals surface area contributed by atoms with E-state index >= 15 is 0 Å². The average molecular weight is 287 g/mol. The molecule has 0 aliphatic rings. The Kier molecular flexibility index (Phi) is 4.87. The zero-order valence-corrected chi connectivity index (χ0v) is 14.4. The summed E-state index contributed by atoms with van der Waals surface area (Å²) in [6.45, 7) is 10.3. The van der Waals surface area contributed by atoms with Crippen molar-refractivity contribution in [3.8, 4) is 0 Å². The SMILES string of the molecule is C[SiH](C)O[Si](O)(O[Si](C)(C)C)c1ccccc1. The molecule has 1 aromatic rings. The predicted octanol–water partition coefficient (Wildman–Crippen LogP) is 1.68. The minimum absolute atomic E-state index is 0.809. The first-order chi connectivity index (χ1) is 7.73. The highest BCUT2D eigenvalue weighted by Crippen LogP contribution is 2.14. The van der Waals surface area contributed by atoms with E-state index in [1.54, 1.807) is 0 Å². The highest BCUT2D eigenvalue weighted by atomic mass is 28.5. The normalized spacial score (nSPS) is 15.9. The molecule has 0 aliphatic carbocycles. The van der Waals surface area contributed by atoms with Crippen molar-refractivity contribution in [3.63, 3.8) is 0 Å². The van der Waals surface area contributed by atoms with Gasteiger partial charge in [-0.25, -0.2) is 0 Å². The van der Waals surface area contributed by atoms with E-state index in [-0.39, 0.29) is 0 Å². The van der Waals surface area contributed by atoms with Crippen molar-refractivity contribution in [1.82, 2.24) is 0 Å². The molecule has 0 aromatic heterocycles. The van der Waals surface area contributed by atoms with Crippen molar-refractivity contribution in [1.29, 1.82) is 0 Å². The minimum atomic E-state index is -3.20. The molecular weight excluding hydrogens is 264 g/mol. The third-order valence-electron chi connectivity index (χ3n) is 1.98. The Balaban J connectivity index is 3.02. The third kappa shape index (κ3) is 4.86. The van der Waals surface area contributed by atoms with Crippen LogP contribution < -0.4 is 5.19 Å². The van der Waals surface area contributed by atoms with Crippen molar-refractivity contribution >= 4 is 31.3 Å². The Morgan fingerprint density at radius 3 is 2.00 bits per heavy atom. The summed E-state index contributed by atoms with van der Waals surface area (Å²) in [4.78, 5) is 10.8. The zero-order chi connectivity index (χ0) is 13.1. The molecule has 17 heavy (non-hydrogen) atoms. The lowest BCUT2D eigenvalue weighted by molar-refractivity contribution is 0.271. The van der Waals surface area contributed by atoms with Crippen LogP contribution in [0.3, 0.4) is 0 Å². The van der Waals surface area contributed by atoms with Gasteiger partial charge in [-0.1, -0.05) is 30.3 Å². The largest absolute Gasteiger partial charge is 0.513 e. The Morgan fingerprint density at radius 2 is 1.59 bits per heavy atom. The van der Waals surface area contributed by atoms with E-state index in [9.17, 15) is 4.80 Å². The predicted molar refractivity (Wildman–Crippen MR) is 78.4 cm³/mol. The third-order valence-corrected chi connectivity index (χ3v) is 9.76.